The number of hydrogen-bond donors (Lipinski definition) is 2. The van der Waals surface area contributed by atoms with Crippen molar-refractivity contribution in [3.05, 3.63) is 35.1 Å². The zero-order valence-electron chi connectivity index (χ0n) is 15.6. The molecule has 26 heavy (non-hydrogen) atoms. The molecule has 0 spiro atoms. The molecule has 5 nitrogen and oxygen atoms in total. The second-order valence-electron chi connectivity index (χ2n) is 6.38. The van der Waals surface area contributed by atoms with Gasteiger partial charge in [-0.25, -0.2) is 17.8 Å². The minimum atomic E-state index is -3.20. The molecular formula is C18H31FIN3O2S. The van der Waals surface area contributed by atoms with Crippen molar-refractivity contribution in [1.82, 2.24) is 5.32 Å². The molecule has 0 aliphatic rings. The Morgan fingerprint density at radius 1 is 1.15 bits per heavy atom. The summed E-state index contributed by atoms with van der Waals surface area (Å²) >= 11 is 0. The van der Waals surface area contributed by atoms with E-state index in [1.54, 1.807) is 0 Å². The molecule has 0 bridgehead atoms. The third kappa shape index (κ3) is 11.7. The van der Waals surface area contributed by atoms with E-state index in [9.17, 15) is 12.8 Å². The lowest BCUT2D eigenvalue weighted by Gasteiger charge is -2.09. The molecule has 0 aliphatic heterocycles. The Morgan fingerprint density at radius 3 is 2.46 bits per heavy atom. The second kappa shape index (κ2) is 13.3. The molecule has 0 aliphatic carbocycles. The number of sulfone groups is 1. The monoisotopic (exact) mass is 499 g/mol. The summed E-state index contributed by atoms with van der Waals surface area (Å²) in [5, 5.41) is 3.04. The van der Waals surface area contributed by atoms with Gasteiger partial charge in [-0.2, -0.15) is 0 Å². The first-order valence-electron chi connectivity index (χ1n) is 8.80. The highest BCUT2D eigenvalue weighted by atomic mass is 127. The molecule has 0 saturated heterocycles. The summed E-state index contributed by atoms with van der Waals surface area (Å²) in [6.45, 7) is 3.09. The molecule has 0 heterocycles. The zero-order chi connectivity index (χ0) is 18.7. The maximum absolute atomic E-state index is 13.4. The molecular weight excluding hydrogens is 468 g/mol. The molecule has 0 unspecified atom stereocenters. The highest BCUT2D eigenvalue weighted by molar-refractivity contribution is 14.0. The summed E-state index contributed by atoms with van der Waals surface area (Å²) in [6, 6.07) is 4.06. The van der Waals surface area contributed by atoms with Crippen molar-refractivity contribution >= 4 is 39.8 Å². The maximum atomic E-state index is 13.4. The van der Waals surface area contributed by atoms with Gasteiger partial charge < -0.3 is 11.1 Å². The van der Waals surface area contributed by atoms with E-state index in [4.69, 9.17) is 5.73 Å². The number of hydrogen-bond acceptors (Lipinski definition) is 3. The number of halogens is 2. The number of nitrogens with two attached hydrogens (primary N) is 1. The fourth-order valence-corrected chi connectivity index (χ4v) is 3.36. The van der Waals surface area contributed by atoms with Crippen LogP contribution in [0.1, 0.15) is 56.6 Å². The lowest BCUT2D eigenvalue weighted by molar-refractivity contribution is 0.600. The number of guanidine groups is 1. The van der Waals surface area contributed by atoms with Gasteiger partial charge in [0.15, 0.2) is 15.8 Å². The molecule has 0 aromatic heterocycles. The van der Waals surface area contributed by atoms with Crippen LogP contribution in [0.3, 0.4) is 0 Å². The van der Waals surface area contributed by atoms with Gasteiger partial charge in [0.25, 0.3) is 0 Å². The van der Waals surface area contributed by atoms with Crippen molar-refractivity contribution in [2.24, 2.45) is 10.7 Å². The van der Waals surface area contributed by atoms with Crippen LogP contribution in [-0.2, 0) is 22.1 Å². The van der Waals surface area contributed by atoms with Crippen molar-refractivity contribution in [2.45, 2.75) is 57.7 Å². The normalized spacial score (nSPS) is 11.9. The quantitative estimate of drug-likeness (QED) is 0.210. The minimum absolute atomic E-state index is 0. The van der Waals surface area contributed by atoms with E-state index in [0.717, 1.165) is 25.6 Å². The molecule has 0 atom stereocenters. The van der Waals surface area contributed by atoms with E-state index in [-0.39, 0.29) is 36.3 Å². The third-order valence-electron chi connectivity index (χ3n) is 3.84. The van der Waals surface area contributed by atoms with E-state index in [1.165, 1.54) is 43.9 Å². The predicted molar refractivity (Wildman–Crippen MR) is 117 cm³/mol. The van der Waals surface area contributed by atoms with Crippen LogP contribution < -0.4 is 11.1 Å². The average Bonchev–Trinajstić information content (AvgIpc) is 2.53. The molecule has 0 fully saturated rings. The van der Waals surface area contributed by atoms with Crippen molar-refractivity contribution < 1.29 is 12.8 Å². The zero-order valence-corrected chi connectivity index (χ0v) is 18.8. The molecule has 8 heteroatoms. The van der Waals surface area contributed by atoms with Gasteiger partial charge in [-0.3, -0.25) is 0 Å². The molecule has 1 aromatic rings. The van der Waals surface area contributed by atoms with Crippen molar-refractivity contribution in [1.29, 1.82) is 0 Å². The van der Waals surface area contributed by atoms with Gasteiger partial charge in [0.2, 0.25) is 0 Å². The van der Waals surface area contributed by atoms with Gasteiger partial charge in [-0.05, 0) is 29.7 Å². The van der Waals surface area contributed by atoms with Gasteiger partial charge in [-0.1, -0.05) is 45.1 Å². The molecule has 3 N–H and O–H groups in total. The van der Waals surface area contributed by atoms with Gasteiger partial charge >= 0.3 is 0 Å². The first kappa shape index (κ1) is 25.1. The Hall–Kier alpha value is -0.900. The third-order valence-corrected chi connectivity index (χ3v) is 4.68. The van der Waals surface area contributed by atoms with E-state index in [2.05, 4.69) is 17.2 Å². The summed E-state index contributed by atoms with van der Waals surface area (Å²) in [4.78, 5) is 4.20. The van der Waals surface area contributed by atoms with Crippen LogP contribution in [0.15, 0.2) is 23.2 Å². The first-order valence-corrected chi connectivity index (χ1v) is 10.9. The van der Waals surface area contributed by atoms with Crippen LogP contribution in [-0.4, -0.2) is 27.2 Å². The Morgan fingerprint density at radius 2 is 1.81 bits per heavy atom. The fraction of sp³-hybridized carbons (Fsp3) is 0.611. The van der Waals surface area contributed by atoms with E-state index >= 15 is 0 Å². The Bertz CT molecular complexity index is 666. The summed E-state index contributed by atoms with van der Waals surface area (Å²) in [5.41, 5.74) is 6.92. The van der Waals surface area contributed by atoms with E-state index < -0.39 is 15.7 Å². The van der Waals surface area contributed by atoms with Crippen LogP contribution in [0.5, 0.6) is 0 Å². The summed E-state index contributed by atoms with van der Waals surface area (Å²) < 4.78 is 36.4. The highest BCUT2D eigenvalue weighted by Crippen LogP contribution is 2.15. The molecule has 1 aromatic carbocycles. The predicted octanol–water partition coefficient (Wildman–Crippen LogP) is 3.75. The number of rotatable bonds is 11. The fourth-order valence-electron chi connectivity index (χ4n) is 2.51. The van der Waals surface area contributed by atoms with Crippen LogP contribution in [0.2, 0.25) is 0 Å². The summed E-state index contributed by atoms with van der Waals surface area (Å²) in [6.07, 6.45) is 8.34. The van der Waals surface area contributed by atoms with E-state index in [1.807, 2.05) is 0 Å². The number of nitrogens with zero attached hydrogens (tertiary/aromatic N) is 1. The number of nitrogens with one attached hydrogen (secondary N) is 1. The first-order chi connectivity index (χ1) is 11.8. The number of aliphatic imine (C=N–C) groups is 1. The second-order valence-corrected chi connectivity index (χ2v) is 8.52. The van der Waals surface area contributed by atoms with Crippen LogP contribution >= 0.6 is 24.0 Å². The lowest BCUT2D eigenvalue weighted by atomic mass is 10.1. The standard InChI is InChI=1S/C18H30FN3O2S.HI/c1-3-4-5-6-7-8-11-21-18(20)22-13-16-12-17(19)10-9-15(16)14-25(2,23)24;/h9-10,12H,3-8,11,13-14H2,1-2H3,(H3,20,21,22);1H. The van der Waals surface area contributed by atoms with Crippen LogP contribution in [0.25, 0.3) is 0 Å². The summed E-state index contributed by atoms with van der Waals surface area (Å²) in [7, 11) is -3.20. The highest BCUT2D eigenvalue weighted by Gasteiger charge is 2.10. The van der Waals surface area contributed by atoms with Gasteiger partial charge in [0, 0.05) is 12.8 Å². The molecule has 0 radical (unpaired) electrons. The minimum Gasteiger partial charge on any atom is -0.370 e. The molecule has 1 rings (SSSR count). The van der Waals surface area contributed by atoms with Crippen molar-refractivity contribution in [2.75, 3.05) is 12.8 Å². The Balaban J connectivity index is 0.00000625. The number of unbranched alkanes of at least 4 members (excludes halogenated alkanes) is 5. The Kier molecular flexibility index (Phi) is 12.8. The van der Waals surface area contributed by atoms with Gasteiger partial charge in [0.05, 0.1) is 12.3 Å². The average molecular weight is 499 g/mol. The Labute approximate surface area is 174 Å². The topological polar surface area (TPSA) is 84.5 Å². The van der Waals surface area contributed by atoms with Gasteiger partial charge in [-0.15, -0.1) is 24.0 Å². The van der Waals surface area contributed by atoms with Crippen molar-refractivity contribution in [3.63, 3.8) is 0 Å². The molecule has 150 valence electrons. The largest absolute Gasteiger partial charge is 0.370 e. The van der Waals surface area contributed by atoms with Crippen molar-refractivity contribution in [3.8, 4) is 0 Å². The maximum Gasteiger partial charge on any atom is 0.188 e. The lowest BCUT2D eigenvalue weighted by Crippen LogP contribution is -2.32. The molecule has 0 saturated carbocycles. The SMILES string of the molecule is CCCCCCCCNC(N)=NCc1cc(F)ccc1CS(C)(=O)=O.I. The van der Waals surface area contributed by atoms with Crippen LogP contribution in [0.4, 0.5) is 4.39 Å². The smallest absolute Gasteiger partial charge is 0.188 e. The van der Waals surface area contributed by atoms with Crippen LogP contribution in [0, 0.1) is 5.82 Å². The summed E-state index contributed by atoms with van der Waals surface area (Å²) in [5.74, 6) is -0.257. The van der Waals surface area contributed by atoms with E-state index in [0.29, 0.717) is 17.1 Å². The number of benzene rings is 1. The molecule has 0 amide bonds. The van der Waals surface area contributed by atoms with Gasteiger partial charge in [0.1, 0.15) is 5.82 Å².